The standard InChI is InChI=1S/C19H18N4O/c1-12-7-13(2)17-16(8-12)9-14(3)18-21-22(19(24)23(17)18)11-15-5-4-6-20-10-15/h4-10H,11H2,1-3H3. The fraction of sp³-hybridized carbons (Fsp3) is 0.211. The molecule has 4 aromatic rings. The molecule has 0 unspecified atom stereocenters. The predicted octanol–water partition coefficient (Wildman–Crippen LogP) is 3.02. The van der Waals surface area contributed by atoms with Gasteiger partial charge in [0.25, 0.3) is 0 Å². The first kappa shape index (κ1) is 14.6. The van der Waals surface area contributed by atoms with Crippen molar-refractivity contribution in [2.75, 3.05) is 0 Å². The minimum absolute atomic E-state index is 0.116. The van der Waals surface area contributed by atoms with E-state index >= 15 is 0 Å². The Bertz CT molecular complexity index is 1120. The van der Waals surface area contributed by atoms with Crippen LogP contribution in [0.2, 0.25) is 0 Å². The molecular formula is C19H18N4O. The normalized spacial score (nSPS) is 11.5. The molecule has 0 aliphatic heterocycles. The summed E-state index contributed by atoms with van der Waals surface area (Å²) in [5, 5.41) is 5.63. The Balaban J connectivity index is 2.03. The van der Waals surface area contributed by atoms with Gasteiger partial charge in [-0.1, -0.05) is 17.7 Å². The van der Waals surface area contributed by atoms with E-state index in [0.717, 1.165) is 27.6 Å². The highest BCUT2D eigenvalue weighted by Crippen LogP contribution is 2.23. The number of nitrogens with zero attached hydrogens (tertiary/aromatic N) is 4. The van der Waals surface area contributed by atoms with E-state index in [1.807, 2.05) is 26.0 Å². The zero-order valence-electron chi connectivity index (χ0n) is 13.9. The fourth-order valence-electron chi connectivity index (χ4n) is 3.34. The number of hydrogen-bond acceptors (Lipinski definition) is 3. The summed E-state index contributed by atoms with van der Waals surface area (Å²) in [7, 11) is 0. The molecule has 0 fully saturated rings. The second-order valence-corrected chi connectivity index (χ2v) is 6.31. The van der Waals surface area contributed by atoms with Crippen LogP contribution in [-0.4, -0.2) is 19.2 Å². The van der Waals surface area contributed by atoms with Crippen molar-refractivity contribution >= 4 is 16.6 Å². The Morgan fingerprint density at radius 2 is 1.92 bits per heavy atom. The molecule has 0 aliphatic rings. The minimum atomic E-state index is -0.116. The molecule has 0 radical (unpaired) electrons. The van der Waals surface area contributed by atoms with Crippen molar-refractivity contribution in [1.82, 2.24) is 19.2 Å². The molecule has 24 heavy (non-hydrogen) atoms. The van der Waals surface area contributed by atoms with Crippen LogP contribution in [0.5, 0.6) is 0 Å². The van der Waals surface area contributed by atoms with Crippen LogP contribution >= 0.6 is 0 Å². The van der Waals surface area contributed by atoms with Crippen molar-refractivity contribution in [3.63, 3.8) is 0 Å². The Kier molecular flexibility index (Phi) is 3.23. The van der Waals surface area contributed by atoms with Crippen LogP contribution in [0.15, 0.2) is 47.5 Å². The number of hydrogen-bond donors (Lipinski definition) is 0. The van der Waals surface area contributed by atoms with E-state index in [9.17, 15) is 4.79 Å². The maximum atomic E-state index is 13.0. The van der Waals surface area contributed by atoms with Gasteiger partial charge >= 0.3 is 5.69 Å². The molecular weight excluding hydrogens is 300 g/mol. The van der Waals surface area contributed by atoms with Gasteiger partial charge in [0.2, 0.25) is 0 Å². The Morgan fingerprint density at radius 3 is 2.67 bits per heavy atom. The average molecular weight is 318 g/mol. The number of pyridine rings is 2. The third kappa shape index (κ3) is 2.21. The van der Waals surface area contributed by atoms with Gasteiger partial charge in [0.15, 0.2) is 5.65 Å². The van der Waals surface area contributed by atoms with Crippen LogP contribution in [0.1, 0.15) is 22.3 Å². The molecule has 0 aliphatic carbocycles. The summed E-state index contributed by atoms with van der Waals surface area (Å²) in [5.41, 5.74) is 5.75. The van der Waals surface area contributed by atoms with Gasteiger partial charge in [-0.15, -0.1) is 5.10 Å². The van der Waals surface area contributed by atoms with Gasteiger partial charge < -0.3 is 0 Å². The lowest BCUT2D eigenvalue weighted by Crippen LogP contribution is -2.22. The van der Waals surface area contributed by atoms with Crippen LogP contribution in [0, 0.1) is 20.8 Å². The minimum Gasteiger partial charge on any atom is -0.264 e. The van der Waals surface area contributed by atoms with Crippen LogP contribution in [0.4, 0.5) is 0 Å². The van der Waals surface area contributed by atoms with Crippen LogP contribution < -0.4 is 5.69 Å². The highest BCUT2D eigenvalue weighted by Gasteiger charge is 2.14. The van der Waals surface area contributed by atoms with Crippen molar-refractivity contribution in [3.05, 3.63) is 75.5 Å². The van der Waals surface area contributed by atoms with Crippen LogP contribution in [0.25, 0.3) is 16.6 Å². The van der Waals surface area contributed by atoms with Crippen molar-refractivity contribution in [3.8, 4) is 0 Å². The molecule has 0 N–H and O–H groups in total. The van der Waals surface area contributed by atoms with E-state index in [0.29, 0.717) is 12.2 Å². The second-order valence-electron chi connectivity index (χ2n) is 6.31. The third-order valence-corrected chi connectivity index (χ3v) is 4.32. The van der Waals surface area contributed by atoms with E-state index in [1.165, 1.54) is 10.2 Å². The monoisotopic (exact) mass is 318 g/mol. The van der Waals surface area contributed by atoms with E-state index < -0.39 is 0 Å². The van der Waals surface area contributed by atoms with E-state index in [4.69, 9.17) is 0 Å². The molecule has 0 spiro atoms. The summed E-state index contributed by atoms with van der Waals surface area (Å²) in [6.07, 6.45) is 3.48. The number of fused-ring (bicyclic) bond motifs is 3. The van der Waals surface area contributed by atoms with Gasteiger partial charge in [-0.05, 0) is 61.0 Å². The summed E-state index contributed by atoms with van der Waals surface area (Å²) in [5.74, 6) is 0. The van der Waals surface area contributed by atoms with Crippen molar-refractivity contribution in [2.45, 2.75) is 27.3 Å². The zero-order chi connectivity index (χ0) is 16.8. The lowest BCUT2D eigenvalue weighted by Gasteiger charge is -2.08. The van der Waals surface area contributed by atoms with Gasteiger partial charge in [-0.25, -0.2) is 13.9 Å². The highest BCUT2D eigenvalue weighted by atomic mass is 16.2. The largest absolute Gasteiger partial charge is 0.351 e. The fourth-order valence-corrected chi connectivity index (χ4v) is 3.34. The van der Waals surface area contributed by atoms with Gasteiger partial charge in [-0.3, -0.25) is 4.98 Å². The van der Waals surface area contributed by atoms with E-state index in [2.05, 4.69) is 35.2 Å². The van der Waals surface area contributed by atoms with Gasteiger partial charge in [-0.2, -0.15) is 0 Å². The number of aryl methyl sites for hydroxylation is 3. The Morgan fingerprint density at radius 1 is 1.08 bits per heavy atom. The first-order chi connectivity index (χ1) is 11.5. The Labute approximate surface area is 139 Å². The molecule has 0 atom stereocenters. The van der Waals surface area contributed by atoms with E-state index in [-0.39, 0.29) is 5.69 Å². The predicted molar refractivity (Wildman–Crippen MR) is 94.5 cm³/mol. The molecule has 5 heteroatoms. The first-order valence-corrected chi connectivity index (χ1v) is 7.93. The molecule has 4 rings (SSSR count). The molecule has 3 heterocycles. The number of benzene rings is 1. The topological polar surface area (TPSA) is 52.2 Å². The molecule has 1 aromatic carbocycles. The summed E-state index contributed by atoms with van der Waals surface area (Å²) >= 11 is 0. The summed E-state index contributed by atoms with van der Waals surface area (Å²) < 4.78 is 3.24. The van der Waals surface area contributed by atoms with Gasteiger partial charge in [0.05, 0.1) is 12.1 Å². The highest BCUT2D eigenvalue weighted by molar-refractivity contribution is 5.86. The molecule has 0 saturated carbocycles. The quantitative estimate of drug-likeness (QED) is 0.571. The van der Waals surface area contributed by atoms with E-state index in [1.54, 1.807) is 16.8 Å². The van der Waals surface area contributed by atoms with Gasteiger partial charge in [0, 0.05) is 12.4 Å². The molecule has 120 valence electrons. The van der Waals surface area contributed by atoms with Crippen molar-refractivity contribution in [1.29, 1.82) is 0 Å². The third-order valence-electron chi connectivity index (χ3n) is 4.32. The molecule has 0 bridgehead atoms. The maximum absolute atomic E-state index is 13.0. The summed E-state index contributed by atoms with van der Waals surface area (Å²) in [4.78, 5) is 17.1. The lowest BCUT2D eigenvalue weighted by molar-refractivity contribution is 0.658. The molecule has 5 nitrogen and oxygen atoms in total. The lowest BCUT2D eigenvalue weighted by atomic mass is 10.1. The van der Waals surface area contributed by atoms with Crippen molar-refractivity contribution < 1.29 is 0 Å². The first-order valence-electron chi connectivity index (χ1n) is 7.93. The molecule has 3 aromatic heterocycles. The number of aromatic nitrogens is 4. The van der Waals surface area contributed by atoms with Crippen LogP contribution in [-0.2, 0) is 6.54 Å². The SMILES string of the molecule is Cc1cc(C)c2c(c1)cc(C)c1nn(Cc3cccnc3)c(=O)n12. The maximum Gasteiger partial charge on any atom is 0.351 e. The Hall–Kier alpha value is -2.95. The summed E-state index contributed by atoms with van der Waals surface area (Å²) in [6, 6.07) is 10.1. The van der Waals surface area contributed by atoms with Crippen molar-refractivity contribution in [2.24, 2.45) is 0 Å². The van der Waals surface area contributed by atoms with Gasteiger partial charge in [0.1, 0.15) is 0 Å². The summed E-state index contributed by atoms with van der Waals surface area (Å²) in [6.45, 7) is 6.52. The average Bonchev–Trinajstić information content (AvgIpc) is 2.86. The zero-order valence-corrected chi connectivity index (χ0v) is 13.9. The van der Waals surface area contributed by atoms with Crippen LogP contribution in [0.3, 0.4) is 0 Å². The molecule has 0 amide bonds. The smallest absolute Gasteiger partial charge is 0.264 e. The number of rotatable bonds is 2. The molecule has 0 saturated heterocycles. The second kappa shape index (κ2) is 5.30.